The Hall–Kier alpha value is -1.39. The molecular formula is C16H11BrClFN2. The molecule has 5 heteroatoms. The molecule has 0 saturated heterocycles. The summed E-state index contributed by atoms with van der Waals surface area (Å²) in [6.07, 6.45) is 3.64. The van der Waals surface area contributed by atoms with Gasteiger partial charge in [-0.2, -0.15) is 0 Å². The topological polar surface area (TPSA) is 17.3 Å². The van der Waals surface area contributed by atoms with Gasteiger partial charge in [0.1, 0.15) is 11.5 Å². The molecule has 0 aliphatic heterocycles. The zero-order valence-electron chi connectivity index (χ0n) is 11.0. The molecule has 0 radical (unpaired) electrons. The minimum Gasteiger partial charge on any atom is -0.302 e. The number of hydrogen-bond donors (Lipinski definition) is 0. The van der Waals surface area contributed by atoms with Gasteiger partial charge < -0.3 is 4.40 Å². The van der Waals surface area contributed by atoms with Crippen molar-refractivity contribution >= 4 is 33.2 Å². The van der Waals surface area contributed by atoms with E-state index in [9.17, 15) is 4.39 Å². The Morgan fingerprint density at radius 1 is 1.33 bits per heavy atom. The van der Waals surface area contributed by atoms with Crippen LogP contribution in [0, 0.1) is 5.82 Å². The van der Waals surface area contributed by atoms with Gasteiger partial charge in [-0.25, -0.2) is 9.37 Å². The molecule has 0 N–H and O–H groups in total. The number of nitrogens with zero attached hydrogens (tertiary/aromatic N) is 2. The molecule has 106 valence electrons. The van der Waals surface area contributed by atoms with Gasteiger partial charge in [0.25, 0.3) is 0 Å². The van der Waals surface area contributed by atoms with Crippen molar-refractivity contribution in [1.82, 2.24) is 9.38 Å². The van der Waals surface area contributed by atoms with E-state index in [0.717, 1.165) is 34.8 Å². The summed E-state index contributed by atoms with van der Waals surface area (Å²) >= 11 is 9.60. The molecule has 0 saturated carbocycles. The van der Waals surface area contributed by atoms with Crippen molar-refractivity contribution in [2.45, 2.75) is 18.8 Å². The van der Waals surface area contributed by atoms with Gasteiger partial charge >= 0.3 is 0 Å². The molecule has 2 nitrogen and oxygen atoms in total. The number of hydrogen-bond acceptors (Lipinski definition) is 1. The van der Waals surface area contributed by atoms with E-state index in [1.165, 1.54) is 6.07 Å². The maximum absolute atomic E-state index is 13.7. The molecule has 0 spiro atoms. The van der Waals surface area contributed by atoms with Crippen LogP contribution < -0.4 is 0 Å². The number of pyridine rings is 1. The number of rotatable bonds is 1. The first-order chi connectivity index (χ1) is 10.1. The molecule has 1 aliphatic rings. The van der Waals surface area contributed by atoms with E-state index in [1.54, 1.807) is 6.20 Å². The Kier molecular flexibility index (Phi) is 3.05. The lowest BCUT2D eigenvalue weighted by molar-refractivity contribution is 0.618. The Morgan fingerprint density at radius 3 is 2.95 bits per heavy atom. The molecule has 0 unspecified atom stereocenters. The quantitative estimate of drug-likeness (QED) is 0.595. The monoisotopic (exact) mass is 364 g/mol. The van der Waals surface area contributed by atoms with Crippen LogP contribution in [0.5, 0.6) is 0 Å². The molecular weight excluding hydrogens is 355 g/mol. The highest BCUT2D eigenvalue weighted by molar-refractivity contribution is 9.10. The van der Waals surface area contributed by atoms with Crippen LogP contribution >= 0.6 is 27.5 Å². The zero-order chi connectivity index (χ0) is 14.6. The number of benzene rings is 1. The van der Waals surface area contributed by atoms with Crippen molar-refractivity contribution in [3.63, 3.8) is 0 Å². The van der Waals surface area contributed by atoms with E-state index >= 15 is 0 Å². The third kappa shape index (κ3) is 2.00. The normalized spacial score (nSPS) is 17.4. The van der Waals surface area contributed by atoms with Gasteiger partial charge in [0, 0.05) is 23.2 Å². The van der Waals surface area contributed by atoms with E-state index in [0.29, 0.717) is 10.1 Å². The van der Waals surface area contributed by atoms with Gasteiger partial charge in [-0.3, -0.25) is 0 Å². The van der Waals surface area contributed by atoms with E-state index in [1.807, 2.05) is 22.6 Å². The summed E-state index contributed by atoms with van der Waals surface area (Å²) in [6.45, 7) is 0. The standard InChI is InChI=1S/C16H11BrClFN2/c17-11-8-21-15(7-13(11)19)20-14-6-5-10(16(14)21)9-3-1-2-4-12(9)18/h1-4,7-8,10H,5-6H2/t10-/m1/s1. The molecule has 2 heterocycles. The number of imidazole rings is 1. The molecule has 1 aromatic carbocycles. The second kappa shape index (κ2) is 4.82. The maximum Gasteiger partial charge on any atom is 0.142 e. The fourth-order valence-electron chi connectivity index (χ4n) is 3.14. The van der Waals surface area contributed by atoms with Crippen LogP contribution in [0.3, 0.4) is 0 Å². The fourth-order valence-corrected chi connectivity index (χ4v) is 3.72. The van der Waals surface area contributed by atoms with Crippen LogP contribution in [0.1, 0.15) is 29.3 Å². The summed E-state index contributed by atoms with van der Waals surface area (Å²) in [6, 6.07) is 9.36. The van der Waals surface area contributed by atoms with Crippen molar-refractivity contribution in [3.8, 4) is 0 Å². The van der Waals surface area contributed by atoms with Crippen LogP contribution in [-0.4, -0.2) is 9.38 Å². The second-order valence-corrected chi connectivity index (χ2v) is 6.52. The van der Waals surface area contributed by atoms with Gasteiger partial charge in [-0.15, -0.1) is 0 Å². The van der Waals surface area contributed by atoms with Crippen molar-refractivity contribution in [2.24, 2.45) is 0 Å². The highest BCUT2D eigenvalue weighted by Gasteiger charge is 2.30. The molecule has 1 atom stereocenters. The molecule has 0 amide bonds. The first-order valence-electron chi connectivity index (χ1n) is 6.75. The lowest BCUT2D eigenvalue weighted by atomic mass is 9.97. The largest absolute Gasteiger partial charge is 0.302 e. The smallest absolute Gasteiger partial charge is 0.142 e. The highest BCUT2D eigenvalue weighted by Crippen LogP contribution is 2.41. The van der Waals surface area contributed by atoms with Gasteiger partial charge in [0.15, 0.2) is 0 Å². The molecule has 3 aromatic rings. The average Bonchev–Trinajstić information content (AvgIpc) is 3.00. The maximum atomic E-state index is 13.7. The molecule has 4 rings (SSSR count). The Labute approximate surface area is 134 Å². The van der Waals surface area contributed by atoms with Gasteiger partial charge in [-0.05, 0) is 40.4 Å². The predicted octanol–water partition coefficient (Wildman–Crippen LogP) is 4.97. The summed E-state index contributed by atoms with van der Waals surface area (Å²) in [4.78, 5) is 4.56. The second-order valence-electron chi connectivity index (χ2n) is 5.25. The minimum absolute atomic E-state index is 0.209. The number of halogens is 3. The predicted molar refractivity (Wildman–Crippen MR) is 84.5 cm³/mol. The number of aromatic nitrogens is 2. The zero-order valence-corrected chi connectivity index (χ0v) is 13.3. The van der Waals surface area contributed by atoms with E-state index in [-0.39, 0.29) is 11.7 Å². The van der Waals surface area contributed by atoms with E-state index in [2.05, 4.69) is 27.0 Å². The molecule has 21 heavy (non-hydrogen) atoms. The fraction of sp³-hybridized carbons (Fsp3) is 0.188. The van der Waals surface area contributed by atoms with Crippen LogP contribution in [0.2, 0.25) is 5.02 Å². The third-order valence-electron chi connectivity index (χ3n) is 4.06. The van der Waals surface area contributed by atoms with Crippen molar-refractivity contribution in [1.29, 1.82) is 0 Å². The SMILES string of the molecule is Fc1cc2nc3c(n2cc1Br)[C@@H](c1ccccc1Cl)CC3. The number of fused-ring (bicyclic) bond motifs is 3. The highest BCUT2D eigenvalue weighted by atomic mass is 79.9. The van der Waals surface area contributed by atoms with Crippen LogP contribution in [0.4, 0.5) is 4.39 Å². The Balaban J connectivity index is 1.95. The third-order valence-corrected chi connectivity index (χ3v) is 4.99. The summed E-state index contributed by atoms with van der Waals surface area (Å²) in [7, 11) is 0. The lowest BCUT2D eigenvalue weighted by Gasteiger charge is -2.14. The van der Waals surface area contributed by atoms with Gasteiger partial charge in [-0.1, -0.05) is 29.8 Å². The van der Waals surface area contributed by atoms with Crippen LogP contribution in [-0.2, 0) is 6.42 Å². The van der Waals surface area contributed by atoms with Crippen LogP contribution in [0.15, 0.2) is 41.0 Å². The minimum atomic E-state index is -0.291. The van der Waals surface area contributed by atoms with E-state index < -0.39 is 0 Å². The summed E-state index contributed by atoms with van der Waals surface area (Å²) in [5.41, 5.74) is 3.92. The average molecular weight is 366 g/mol. The van der Waals surface area contributed by atoms with Crippen molar-refractivity contribution in [3.05, 3.63) is 68.8 Å². The van der Waals surface area contributed by atoms with Gasteiger partial charge in [0.05, 0.1) is 15.9 Å². The summed E-state index contributed by atoms with van der Waals surface area (Å²) in [5, 5.41) is 0.770. The molecule has 0 fully saturated rings. The first kappa shape index (κ1) is 13.3. The number of aryl methyl sites for hydroxylation is 1. The summed E-state index contributed by atoms with van der Waals surface area (Å²) < 4.78 is 16.1. The summed E-state index contributed by atoms with van der Waals surface area (Å²) in [5.74, 6) is -0.0819. The lowest BCUT2D eigenvalue weighted by Crippen LogP contribution is -2.02. The van der Waals surface area contributed by atoms with Gasteiger partial charge in [0.2, 0.25) is 0 Å². The van der Waals surface area contributed by atoms with Crippen LogP contribution in [0.25, 0.3) is 5.65 Å². The van der Waals surface area contributed by atoms with Crippen molar-refractivity contribution in [2.75, 3.05) is 0 Å². The van der Waals surface area contributed by atoms with E-state index in [4.69, 9.17) is 11.6 Å². The Morgan fingerprint density at radius 2 is 2.14 bits per heavy atom. The van der Waals surface area contributed by atoms with Crippen molar-refractivity contribution < 1.29 is 4.39 Å². The first-order valence-corrected chi connectivity index (χ1v) is 7.92. The molecule has 1 aliphatic carbocycles. The molecule has 2 aromatic heterocycles. The molecule has 0 bridgehead atoms. The Bertz CT molecular complexity index is 859.